The van der Waals surface area contributed by atoms with Crippen molar-refractivity contribution in [3.05, 3.63) is 87.4 Å². The van der Waals surface area contributed by atoms with E-state index >= 15 is 0 Å². The third kappa shape index (κ3) is 5.74. The molecule has 216 valence electrons. The van der Waals surface area contributed by atoms with E-state index in [-0.39, 0.29) is 12.1 Å². The number of piperidine rings is 1. The fourth-order valence-corrected chi connectivity index (χ4v) is 6.42. The lowest BCUT2D eigenvalue weighted by atomic mass is 10.1. The minimum absolute atomic E-state index is 0.206. The maximum atomic E-state index is 13.9. The van der Waals surface area contributed by atoms with E-state index in [0.29, 0.717) is 34.6 Å². The number of aromatic nitrogens is 7. The molecule has 1 fully saturated rings. The molecule has 0 radical (unpaired) electrons. The van der Waals surface area contributed by atoms with Crippen LogP contribution in [-0.2, 0) is 6.54 Å². The average Bonchev–Trinajstić information content (AvgIpc) is 3.78. The molecular weight excluding hydrogens is 581 g/mol. The second-order valence-electron chi connectivity index (χ2n) is 10.3. The van der Waals surface area contributed by atoms with Gasteiger partial charge in [-0.25, -0.2) is 24.9 Å². The third-order valence-electron chi connectivity index (χ3n) is 7.54. The van der Waals surface area contributed by atoms with Crippen LogP contribution >= 0.6 is 22.7 Å². The topological polar surface area (TPSA) is 127 Å². The fourth-order valence-electron chi connectivity index (χ4n) is 5.23. The second kappa shape index (κ2) is 12.0. The van der Waals surface area contributed by atoms with Crippen molar-refractivity contribution in [1.82, 2.24) is 39.8 Å². The smallest absolute Gasteiger partial charge is 0.260 e. The predicted molar refractivity (Wildman–Crippen MR) is 171 cm³/mol. The largest absolute Gasteiger partial charge is 0.370 e. The van der Waals surface area contributed by atoms with Crippen LogP contribution in [0, 0.1) is 0 Å². The molecule has 0 bridgehead atoms. The molecule has 0 spiro atoms. The predicted octanol–water partition coefficient (Wildman–Crippen LogP) is 4.81. The minimum atomic E-state index is -0.206. The van der Waals surface area contributed by atoms with Gasteiger partial charge in [0.05, 0.1) is 12.1 Å². The van der Waals surface area contributed by atoms with Gasteiger partial charge in [0.15, 0.2) is 10.8 Å². The SMILES string of the molecule is CN(c1ccc(Nc2ncc3cc(-c4cnc(-c5nccs5)nc4)c(=O)n(Cc4nccs4)c3n2)cc1)C1CCCNC1. The van der Waals surface area contributed by atoms with Gasteiger partial charge in [0, 0.05) is 83.7 Å². The van der Waals surface area contributed by atoms with Crippen LogP contribution in [0.1, 0.15) is 17.8 Å². The Hall–Kier alpha value is -4.59. The molecule has 1 aliphatic heterocycles. The number of hydrogen-bond donors (Lipinski definition) is 2. The molecular formula is C30H28N10OS2. The number of pyridine rings is 1. The molecule has 6 heterocycles. The highest BCUT2D eigenvalue weighted by molar-refractivity contribution is 7.13. The van der Waals surface area contributed by atoms with Crippen molar-refractivity contribution in [2.24, 2.45) is 0 Å². The van der Waals surface area contributed by atoms with Gasteiger partial charge in [-0.3, -0.25) is 9.36 Å². The van der Waals surface area contributed by atoms with Crippen molar-refractivity contribution >= 4 is 51.0 Å². The standard InChI is InChI=1S/C30H28N10OS2/c1-39(23-3-2-8-31-17-23)22-6-4-21(5-7-22)37-30-36-14-19-13-24(20-15-34-26(35-16-20)28-33-10-12-43-28)29(41)40(27(19)38-30)18-25-32-9-11-42-25/h4-7,9-16,23,31H,2-3,8,17-18H2,1H3,(H,36,37,38). The Labute approximate surface area is 255 Å². The molecule has 1 unspecified atom stereocenters. The minimum Gasteiger partial charge on any atom is -0.370 e. The van der Waals surface area contributed by atoms with Crippen LogP contribution in [0.2, 0.25) is 0 Å². The van der Waals surface area contributed by atoms with E-state index in [1.165, 1.54) is 35.5 Å². The number of nitrogens with one attached hydrogen (secondary N) is 2. The summed E-state index contributed by atoms with van der Waals surface area (Å²) in [4.78, 5) is 43.2. The first-order chi connectivity index (χ1) is 21.1. The van der Waals surface area contributed by atoms with Gasteiger partial charge in [-0.2, -0.15) is 4.98 Å². The van der Waals surface area contributed by atoms with Crippen LogP contribution in [0.15, 0.2) is 76.9 Å². The maximum absolute atomic E-state index is 13.9. The molecule has 2 N–H and O–H groups in total. The summed E-state index contributed by atoms with van der Waals surface area (Å²) in [5.41, 5.74) is 3.40. The van der Waals surface area contributed by atoms with E-state index in [1.54, 1.807) is 41.6 Å². The van der Waals surface area contributed by atoms with E-state index < -0.39 is 0 Å². The van der Waals surface area contributed by atoms with Crippen LogP contribution in [0.4, 0.5) is 17.3 Å². The fraction of sp³-hybridized carbons (Fsp3) is 0.233. The highest BCUT2D eigenvalue weighted by Crippen LogP contribution is 2.25. The van der Waals surface area contributed by atoms with E-state index in [1.807, 2.05) is 22.9 Å². The molecule has 0 aliphatic carbocycles. The molecule has 1 aliphatic rings. The summed E-state index contributed by atoms with van der Waals surface area (Å²) in [5.74, 6) is 0.925. The number of anilines is 3. The van der Waals surface area contributed by atoms with Crippen molar-refractivity contribution in [3.63, 3.8) is 0 Å². The van der Waals surface area contributed by atoms with Crippen LogP contribution in [-0.4, -0.2) is 60.6 Å². The van der Waals surface area contributed by atoms with E-state index in [0.717, 1.165) is 39.9 Å². The lowest BCUT2D eigenvalue weighted by Gasteiger charge is -2.33. The van der Waals surface area contributed by atoms with Gasteiger partial charge in [-0.1, -0.05) is 0 Å². The number of thiazole rings is 2. The molecule has 6 aromatic rings. The molecule has 1 aromatic carbocycles. The molecule has 13 heteroatoms. The first kappa shape index (κ1) is 27.3. The van der Waals surface area contributed by atoms with Gasteiger partial charge >= 0.3 is 0 Å². The Morgan fingerprint density at radius 2 is 1.84 bits per heavy atom. The van der Waals surface area contributed by atoms with Crippen LogP contribution in [0.3, 0.4) is 0 Å². The van der Waals surface area contributed by atoms with Crippen molar-refractivity contribution < 1.29 is 0 Å². The zero-order valence-electron chi connectivity index (χ0n) is 23.3. The number of nitrogens with zero attached hydrogens (tertiary/aromatic N) is 8. The average molecular weight is 609 g/mol. The van der Waals surface area contributed by atoms with Crippen LogP contribution in [0.25, 0.3) is 33.0 Å². The number of rotatable bonds is 8. The molecule has 0 saturated carbocycles. The summed E-state index contributed by atoms with van der Waals surface area (Å²) >= 11 is 2.95. The molecule has 1 saturated heterocycles. The van der Waals surface area contributed by atoms with Crippen molar-refractivity contribution in [1.29, 1.82) is 0 Å². The number of likely N-dealkylation sites (N-methyl/N-ethyl adjacent to an activating group) is 1. The quantitative estimate of drug-likeness (QED) is 0.249. The van der Waals surface area contributed by atoms with Crippen molar-refractivity contribution in [3.8, 4) is 22.0 Å². The van der Waals surface area contributed by atoms with Gasteiger partial charge < -0.3 is 15.5 Å². The molecule has 7 rings (SSSR count). The van der Waals surface area contributed by atoms with Crippen LogP contribution in [0.5, 0.6) is 0 Å². The Bertz CT molecular complexity index is 1880. The van der Waals surface area contributed by atoms with Crippen molar-refractivity contribution in [2.75, 3.05) is 30.4 Å². The molecule has 0 amide bonds. The maximum Gasteiger partial charge on any atom is 0.260 e. The highest BCUT2D eigenvalue weighted by atomic mass is 32.1. The summed E-state index contributed by atoms with van der Waals surface area (Å²) < 4.78 is 1.64. The Kier molecular flexibility index (Phi) is 7.58. The summed E-state index contributed by atoms with van der Waals surface area (Å²) in [7, 11) is 2.14. The molecule has 5 aromatic heterocycles. The summed E-state index contributed by atoms with van der Waals surface area (Å²) in [6.45, 7) is 2.37. The third-order valence-corrected chi connectivity index (χ3v) is 9.07. The molecule has 1 atom stereocenters. The van der Waals surface area contributed by atoms with Gasteiger partial charge in [0.2, 0.25) is 5.95 Å². The van der Waals surface area contributed by atoms with Gasteiger partial charge in [-0.05, 0) is 49.7 Å². The van der Waals surface area contributed by atoms with Gasteiger partial charge in [0.1, 0.15) is 10.7 Å². The Balaban J connectivity index is 1.20. The number of benzene rings is 1. The number of hydrogen-bond acceptors (Lipinski definition) is 12. The van der Waals surface area contributed by atoms with Gasteiger partial charge in [0.25, 0.3) is 5.56 Å². The molecule has 11 nitrogen and oxygen atoms in total. The summed E-state index contributed by atoms with van der Waals surface area (Å²) in [6.07, 6.45) is 10.9. The van der Waals surface area contributed by atoms with E-state index in [2.05, 4.69) is 59.6 Å². The summed E-state index contributed by atoms with van der Waals surface area (Å²) in [6, 6.07) is 10.5. The van der Waals surface area contributed by atoms with Gasteiger partial charge in [-0.15, -0.1) is 22.7 Å². The first-order valence-corrected chi connectivity index (χ1v) is 15.7. The summed E-state index contributed by atoms with van der Waals surface area (Å²) in [5, 5.41) is 12.8. The first-order valence-electron chi connectivity index (χ1n) is 13.9. The monoisotopic (exact) mass is 608 g/mol. The highest BCUT2D eigenvalue weighted by Gasteiger charge is 2.19. The lowest BCUT2D eigenvalue weighted by Crippen LogP contribution is -2.44. The van der Waals surface area contributed by atoms with E-state index in [4.69, 9.17) is 4.98 Å². The van der Waals surface area contributed by atoms with Crippen LogP contribution < -0.4 is 21.1 Å². The van der Waals surface area contributed by atoms with E-state index in [9.17, 15) is 4.79 Å². The Morgan fingerprint density at radius 1 is 1.02 bits per heavy atom. The number of fused-ring (bicyclic) bond motifs is 1. The normalized spacial score (nSPS) is 15.0. The zero-order chi connectivity index (χ0) is 29.2. The second-order valence-corrected chi connectivity index (χ2v) is 12.1. The van der Waals surface area contributed by atoms with Crippen molar-refractivity contribution in [2.45, 2.75) is 25.4 Å². The lowest BCUT2D eigenvalue weighted by molar-refractivity contribution is 0.445. The Morgan fingerprint density at radius 3 is 2.56 bits per heavy atom. The zero-order valence-corrected chi connectivity index (χ0v) is 25.0. The molecule has 43 heavy (non-hydrogen) atoms.